The quantitative estimate of drug-likeness (QED) is 0.333. The molecule has 1 rings (SSSR count). The number of rotatable bonds is 1. The minimum Gasteiger partial charge on any atom is -0.269 e. The van der Waals surface area contributed by atoms with Gasteiger partial charge in [0.1, 0.15) is 0 Å². The minimum absolute atomic E-state index is 0.819. The van der Waals surface area contributed by atoms with E-state index in [9.17, 15) is 0 Å². The fraction of sp³-hybridized carbons (Fsp3) is 0.250. The Morgan fingerprint density at radius 2 is 2.55 bits per heavy atom. The Balaban J connectivity index is 2.72. The molecule has 0 aromatic carbocycles. The van der Waals surface area contributed by atoms with Crippen molar-refractivity contribution >= 4 is 12.4 Å². The molecule has 1 heterocycles. The van der Waals surface area contributed by atoms with Crippen LogP contribution in [0.25, 0.3) is 0 Å². The van der Waals surface area contributed by atoms with E-state index in [4.69, 9.17) is 5.53 Å². The number of nitrogens with one attached hydrogen (secondary N) is 1. The number of hydrogen-bond donors (Lipinski definition) is 1. The molecule has 0 saturated carbocycles. The maximum atomic E-state index is 6.64. The van der Waals surface area contributed by atoms with Crippen LogP contribution in [0.1, 0.15) is 12.8 Å². The van der Waals surface area contributed by atoms with Crippen LogP contribution in [-0.4, -0.2) is 17.2 Å². The average molecular weight is 148 g/mol. The zero-order valence-corrected chi connectivity index (χ0v) is 6.20. The summed E-state index contributed by atoms with van der Waals surface area (Å²) in [6.45, 7) is 0. The summed E-state index contributed by atoms with van der Waals surface area (Å²) in [6, 6.07) is 0. The van der Waals surface area contributed by atoms with Gasteiger partial charge in [0, 0.05) is 29.2 Å². The molecule has 0 saturated heterocycles. The van der Waals surface area contributed by atoms with Crippen molar-refractivity contribution in [3.63, 3.8) is 0 Å². The molecule has 0 unspecified atom stereocenters. The summed E-state index contributed by atoms with van der Waals surface area (Å²) >= 11 is 0. The second-order valence-corrected chi connectivity index (χ2v) is 2.19. The number of nitrogens with zero attached hydrogens (tertiary/aromatic N) is 2. The van der Waals surface area contributed by atoms with E-state index in [0.29, 0.717) is 0 Å². The molecule has 0 amide bonds. The van der Waals surface area contributed by atoms with Crippen LogP contribution in [0, 0.1) is 5.53 Å². The van der Waals surface area contributed by atoms with Gasteiger partial charge < -0.3 is 0 Å². The smallest absolute Gasteiger partial charge is 0.269 e. The van der Waals surface area contributed by atoms with Gasteiger partial charge in [0.15, 0.2) is 0 Å². The van der Waals surface area contributed by atoms with Crippen LogP contribution in [0.2, 0.25) is 0 Å². The van der Waals surface area contributed by atoms with Crippen LogP contribution < -0.4 is 0 Å². The summed E-state index contributed by atoms with van der Waals surface area (Å²) in [6.07, 6.45) is 10.8. The van der Waals surface area contributed by atoms with E-state index >= 15 is 0 Å². The van der Waals surface area contributed by atoms with Gasteiger partial charge in [-0.05, 0) is 6.42 Å². The fourth-order valence-electron chi connectivity index (χ4n) is 0.847. The first kappa shape index (κ1) is 7.63. The van der Waals surface area contributed by atoms with E-state index < -0.39 is 0 Å². The van der Waals surface area contributed by atoms with Crippen molar-refractivity contribution < 1.29 is 4.79 Å². The van der Waals surface area contributed by atoms with Gasteiger partial charge >= 0.3 is 6.21 Å². The van der Waals surface area contributed by atoms with Gasteiger partial charge in [-0.1, -0.05) is 12.2 Å². The number of aliphatic imine (C=N–C) groups is 1. The minimum atomic E-state index is 0.819. The van der Waals surface area contributed by atoms with Gasteiger partial charge in [-0.3, -0.25) is 4.99 Å². The predicted octanol–water partition coefficient (Wildman–Crippen LogP) is 1.60. The highest BCUT2D eigenvalue weighted by Crippen LogP contribution is 2.02. The molecule has 56 valence electrons. The van der Waals surface area contributed by atoms with Crippen molar-refractivity contribution in [1.82, 2.24) is 0 Å². The lowest BCUT2D eigenvalue weighted by Crippen LogP contribution is -1.86. The van der Waals surface area contributed by atoms with Crippen LogP contribution in [0.3, 0.4) is 0 Å². The van der Waals surface area contributed by atoms with Crippen LogP contribution >= 0.6 is 0 Å². The van der Waals surface area contributed by atoms with Crippen LogP contribution in [0.15, 0.2) is 28.9 Å². The Bertz CT molecular complexity index is 255. The maximum absolute atomic E-state index is 6.64. The lowest BCUT2D eigenvalue weighted by atomic mass is 10.1. The van der Waals surface area contributed by atoms with Gasteiger partial charge in [-0.2, -0.15) is 0 Å². The topological polar surface area (TPSA) is 50.3 Å². The second-order valence-electron chi connectivity index (χ2n) is 2.19. The van der Waals surface area contributed by atoms with Crippen molar-refractivity contribution in [2.45, 2.75) is 12.8 Å². The van der Waals surface area contributed by atoms with Gasteiger partial charge in [-0.25, -0.2) is 0 Å². The lowest BCUT2D eigenvalue weighted by Gasteiger charge is -1.91. The monoisotopic (exact) mass is 148 g/mol. The third-order valence-electron chi connectivity index (χ3n) is 1.37. The molecular weight excluding hydrogens is 138 g/mol. The zero-order valence-electron chi connectivity index (χ0n) is 6.20. The van der Waals surface area contributed by atoms with E-state index in [1.807, 2.05) is 18.4 Å². The van der Waals surface area contributed by atoms with Crippen molar-refractivity contribution in [2.75, 3.05) is 0 Å². The van der Waals surface area contributed by atoms with Crippen molar-refractivity contribution in [3.8, 4) is 0 Å². The van der Waals surface area contributed by atoms with Gasteiger partial charge in [0.05, 0.1) is 5.53 Å². The van der Waals surface area contributed by atoms with E-state index in [1.54, 1.807) is 12.4 Å². The summed E-state index contributed by atoms with van der Waals surface area (Å²) in [5, 5.41) is 0. The van der Waals surface area contributed by atoms with E-state index in [2.05, 4.69) is 9.78 Å². The van der Waals surface area contributed by atoms with Gasteiger partial charge in [-0.15, -0.1) is 0 Å². The fourth-order valence-corrected chi connectivity index (χ4v) is 0.847. The summed E-state index contributed by atoms with van der Waals surface area (Å²) in [5.41, 5.74) is 7.71. The van der Waals surface area contributed by atoms with Crippen molar-refractivity contribution in [1.29, 1.82) is 5.53 Å². The van der Waals surface area contributed by atoms with Crippen LogP contribution in [0.5, 0.6) is 0 Å². The first-order chi connectivity index (χ1) is 5.43. The highest BCUT2D eigenvalue weighted by molar-refractivity contribution is 5.75. The molecule has 0 aromatic rings. The molecule has 3 nitrogen and oxygen atoms in total. The SMILES string of the molecule is N=[N+]=CC1=CCC=NC=CC1. The molecule has 3 heteroatoms. The molecule has 1 N–H and O–H groups in total. The first-order valence-electron chi connectivity index (χ1n) is 3.49. The Labute approximate surface area is 65.4 Å². The molecule has 0 aromatic heterocycles. The Morgan fingerprint density at radius 1 is 1.64 bits per heavy atom. The Hall–Kier alpha value is -1.47. The summed E-state index contributed by atoms with van der Waals surface area (Å²) < 4.78 is 0. The molecule has 0 spiro atoms. The lowest BCUT2D eigenvalue weighted by molar-refractivity contribution is -0.111. The first-order valence-corrected chi connectivity index (χ1v) is 3.49. The summed E-state index contributed by atoms with van der Waals surface area (Å²) in [5.74, 6) is 0. The predicted molar refractivity (Wildman–Crippen MR) is 44.0 cm³/mol. The standard InChI is InChI=1S/C8H10N3/c9-11-7-8-3-1-5-10-6-2-4-8/h1,4-7,9H,2-3H2/q+1. The van der Waals surface area contributed by atoms with E-state index in [-0.39, 0.29) is 0 Å². The Kier molecular flexibility index (Phi) is 3.03. The molecule has 0 fully saturated rings. The molecule has 0 aliphatic carbocycles. The van der Waals surface area contributed by atoms with E-state index in [0.717, 1.165) is 18.4 Å². The van der Waals surface area contributed by atoms with Gasteiger partial charge in [0.2, 0.25) is 0 Å². The van der Waals surface area contributed by atoms with Crippen molar-refractivity contribution in [2.24, 2.45) is 4.99 Å². The largest absolute Gasteiger partial charge is 0.333 e. The average Bonchev–Trinajstić information content (AvgIpc) is 1.94. The molecule has 11 heavy (non-hydrogen) atoms. The second kappa shape index (κ2) is 4.36. The highest BCUT2D eigenvalue weighted by Gasteiger charge is 1.96. The highest BCUT2D eigenvalue weighted by atomic mass is 14.8. The summed E-state index contributed by atoms with van der Waals surface area (Å²) in [7, 11) is 0. The molecule has 0 atom stereocenters. The molecule has 1 aliphatic rings. The molecular formula is C8H10N3+. The van der Waals surface area contributed by atoms with Crippen LogP contribution in [-0.2, 0) is 0 Å². The zero-order chi connectivity index (χ0) is 7.94. The third kappa shape index (κ3) is 2.74. The Morgan fingerprint density at radius 3 is 3.36 bits per heavy atom. The molecule has 0 bridgehead atoms. The van der Waals surface area contributed by atoms with Gasteiger partial charge in [0.25, 0.3) is 0 Å². The van der Waals surface area contributed by atoms with Crippen LogP contribution in [0.4, 0.5) is 0 Å². The molecule has 0 radical (unpaired) electrons. The number of hydrogen-bond acceptors (Lipinski definition) is 2. The maximum Gasteiger partial charge on any atom is 0.333 e. The summed E-state index contributed by atoms with van der Waals surface area (Å²) in [4.78, 5) is 7.19. The number of allylic oxidation sites excluding steroid dienone is 3. The normalized spacial score (nSPS) is 16.2. The van der Waals surface area contributed by atoms with Crippen molar-refractivity contribution in [3.05, 3.63) is 23.9 Å². The third-order valence-corrected chi connectivity index (χ3v) is 1.37. The van der Waals surface area contributed by atoms with E-state index in [1.165, 1.54) is 0 Å². The molecule has 1 aliphatic heterocycles.